The number of halogens is 1. The fourth-order valence-electron chi connectivity index (χ4n) is 1.92. The quantitative estimate of drug-likeness (QED) is 0.869. The molecule has 0 fully saturated rings. The topological polar surface area (TPSA) is 48.4 Å². The summed E-state index contributed by atoms with van der Waals surface area (Å²) >= 11 is 0. The molecule has 0 saturated heterocycles. The molecule has 0 unspecified atom stereocenters. The summed E-state index contributed by atoms with van der Waals surface area (Å²) < 4.78 is 24.1. The third-order valence-corrected chi connectivity index (χ3v) is 2.66. The zero-order valence-electron chi connectivity index (χ0n) is 9.34. The van der Waals surface area contributed by atoms with Gasteiger partial charge in [-0.05, 0) is 18.6 Å². The van der Waals surface area contributed by atoms with E-state index in [4.69, 9.17) is 14.9 Å². The molecule has 0 radical (unpaired) electrons. The van der Waals surface area contributed by atoms with Crippen LogP contribution in [-0.4, -0.2) is 7.11 Å². The molecule has 0 saturated carbocycles. The van der Waals surface area contributed by atoms with E-state index in [1.165, 1.54) is 6.07 Å². The van der Waals surface area contributed by atoms with Crippen molar-refractivity contribution in [2.45, 2.75) is 20.1 Å². The number of methoxy groups -OCH3 is 1. The van der Waals surface area contributed by atoms with Crippen LogP contribution in [0.4, 0.5) is 4.39 Å². The average Bonchev–Trinajstić information content (AvgIpc) is 2.64. The van der Waals surface area contributed by atoms with E-state index in [1.54, 1.807) is 13.2 Å². The van der Waals surface area contributed by atoms with Gasteiger partial charge in [-0.15, -0.1) is 0 Å². The van der Waals surface area contributed by atoms with Crippen LogP contribution < -0.4 is 5.73 Å². The molecule has 1 aromatic carbocycles. The van der Waals surface area contributed by atoms with Crippen LogP contribution in [0.2, 0.25) is 0 Å². The maximum absolute atomic E-state index is 13.6. The molecular weight excluding hydrogens is 209 g/mol. The Bertz CT molecular complexity index is 519. The minimum Gasteiger partial charge on any atom is -0.456 e. The molecule has 0 bridgehead atoms. The van der Waals surface area contributed by atoms with Gasteiger partial charge in [0.25, 0.3) is 0 Å². The average molecular weight is 223 g/mol. The van der Waals surface area contributed by atoms with Crippen LogP contribution in [0.15, 0.2) is 16.5 Å². The molecule has 0 aliphatic rings. The van der Waals surface area contributed by atoms with E-state index >= 15 is 0 Å². The van der Waals surface area contributed by atoms with Crippen molar-refractivity contribution in [1.29, 1.82) is 0 Å². The molecule has 3 nitrogen and oxygen atoms in total. The van der Waals surface area contributed by atoms with Crippen molar-refractivity contribution in [2.75, 3.05) is 7.11 Å². The maximum Gasteiger partial charge on any atom is 0.170 e. The number of ether oxygens (including phenoxy) is 1. The smallest absolute Gasteiger partial charge is 0.170 e. The lowest BCUT2D eigenvalue weighted by atomic mass is 10.1. The lowest BCUT2D eigenvalue weighted by Gasteiger charge is -2.01. The van der Waals surface area contributed by atoms with E-state index < -0.39 is 0 Å². The molecule has 1 aromatic heterocycles. The highest BCUT2D eigenvalue weighted by molar-refractivity contribution is 5.86. The minimum absolute atomic E-state index is 0.242. The number of aryl methyl sites for hydroxylation is 1. The molecule has 2 rings (SSSR count). The third kappa shape index (κ3) is 1.60. The number of hydrogen-bond acceptors (Lipinski definition) is 3. The van der Waals surface area contributed by atoms with Gasteiger partial charge in [0, 0.05) is 18.1 Å². The lowest BCUT2D eigenvalue weighted by molar-refractivity contribution is 0.184. The Kier molecular flexibility index (Phi) is 2.94. The summed E-state index contributed by atoms with van der Waals surface area (Å²) in [5, 5.41) is 0.780. The first-order valence-electron chi connectivity index (χ1n) is 5.07. The van der Waals surface area contributed by atoms with E-state index in [-0.39, 0.29) is 17.9 Å². The molecule has 1 heterocycles. The van der Waals surface area contributed by atoms with Crippen molar-refractivity contribution >= 4 is 11.0 Å². The van der Waals surface area contributed by atoms with Crippen LogP contribution >= 0.6 is 0 Å². The molecule has 0 aliphatic heterocycles. The maximum atomic E-state index is 13.6. The van der Waals surface area contributed by atoms with Crippen LogP contribution in [0, 0.1) is 12.7 Å². The van der Waals surface area contributed by atoms with E-state index in [0.29, 0.717) is 12.4 Å². The first-order valence-corrected chi connectivity index (χ1v) is 5.07. The molecule has 0 spiro atoms. The summed E-state index contributed by atoms with van der Waals surface area (Å²) in [5.74, 6) is 0.225. The van der Waals surface area contributed by atoms with Gasteiger partial charge in [0.15, 0.2) is 11.4 Å². The van der Waals surface area contributed by atoms with Gasteiger partial charge in [0.05, 0.1) is 13.2 Å². The Hall–Kier alpha value is -1.39. The van der Waals surface area contributed by atoms with Gasteiger partial charge in [-0.2, -0.15) is 0 Å². The first kappa shape index (κ1) is 11.1. The van der Waals surface area contributed by atoms with Gasteiger partial charge in [-0.3, -0.25) is 0 Å². The Morgan fingerprint density at radius 2 is 2.19 bits per heavy atom. The zero-order valence-corrected chi connectivity index (χ0v) is 9.34. The molecule has 2 aromatic rings. The summed E-state index contributed by atoms with van der Waals surface area (Å²) in [6, 6.07) is 3.13. The summed E-state index contributed by atoms with van der Waals surface area (Å²) in [6.07, 6.45) is 0. The van der Waals surface area contributed by atoms with E-state index in [2.05, 4.69) is 0 Å². The van der Waals surface area contributed by atoms with Crippen LogP contribution in [0.5, 0.6) is 0 Å². The standard InChI is InChI=1S/C12H14FNO2/c1-7-3-4-9(13)12-11(7)8(6-15-2)10(5-14)16-12/h3-4H,5-6,14H2,1-2H3. The van der Waals surface area contributed by atoms with E-state index in [9.17, 15) is 4.39 Å². The van der Waals surface area contributed by atoms with E-state index in [1.807, 2.05) is 6.92 Å². The minimum atomic E-state index is -0.363. The van der Waals surface area contributed by atoms with Crippen LogP contribution in [-0.2, 0) is 17.9 Å². The fourth-order valence-corrected chi connectivity index (χ4v) is 1.92. The van der Waals surface area contributed by atoms with Crippen molar-refractivity contribution in [3.63, 3.8) is 0 Å². The zero-order chi connectivity index (χ0) is 11.7. The Morgan fingerprint density at radius 3 is 2.81 bits per heavy atom. The Balaban J connectivity index is 2.78. The van der Waals surface area contributed by atoms with Gasteiger partial charge in [-0.1, -0.05) is 6.07 Å². The van der Waals surface area contributed by atoms with Gasteiger partial charge < -0.3 is 14.9 Å². The molecule has 0 aliphatic carbocycles. The number of nitrogens with two attached hydrogens (primary N) is 1. The van der Waals surface area contributed by atoms with Gasteiger partial charge in [-0.25, -0.2) is 4.39 Å². The molecular formula is C12H14FNO2. The lowest BCUT2D eigenvalue weighted by Crippen LogP contribution is -1.99. The number of hydrogen-bond donors (Lipinski definition) is 1. The normalized spacial score (nSPS) is 11.2. The SMILES string of the molecule is COCc1c(CN)oc2c(F)ccc(C)c12. The van der Waals surface area contributed by atoms with Gasteiger partial charge in [0.2, 0.25) is 0 Å². The number of furan rings is 1. The molecule has 86 valence electrons. The summed E-state index contributed by atoms with van der Waals surface area (Å²) in [6.45, 7) is 2.53. The van der Waals surface area contributed by atoms with Gasteiger partial charge >= 0.3 is 0 Å². The second kappa shape index (κ2) is 4.23. The van der Waals surface area contributed by atoms with Crippen molar-refractivity contribution in [3.8, 4) is 0 Å². The van der Waals surface area contributed by atoms with E-state index in [0.717, 1.165) is 16.5 Å². The molecule has 16 heavy (non-hydrogen) atoms. The summed E-state index contributed by atoms with van der Waals surface area (Å²) in [5.41, 5.74) is 7.65. The highest BCUT2D eigenvalue weighted by Crippen LogP contribution is 2.31. The second-order valence-electron chi connectivity index (χ2n) is 3.71. The molecule has 0 amide bonds. The first-order chi connectivity index (χ1) is 7.69. The van der Waals surface area contributed by atoms with Crippen molar-refractivity contribution in [1.82, 2.24) is 0 Å². The largest absolute Gasteiger partial charge is 0.456 e. The fraction of sp³-hybridized carbons (Fsp3) is 0.333. The number of fused-ring (bicyclic) bond motifs is 1. The predicted octanol–water partition coefficient (Wildman–Crippen LogP) is 2.49. The van der Waals surface area contributed by atoms with Gasteiger partial charge in [0.1, 0.15) is 5.76 Å². The van der Waals surface area contributed by atoms with Crippen LogP contribution in [0.25, 0.3) is 11.0 Å². The monoisotopic (exact) mass is 223 g/mol. The summed E-state index contributed by atoms with van der Waals surface area (Å²) in [4.78, 5) is 0. The second-order valence-corrected chi connectivity index (χ2v) is 3.71. The molecule has 4 heteroatoms. The molecule has 0 atom stereocenters. The highest BCUT2D eigenvalue weighted by atomic mass is 19.1. The van der Waals surface area contributed by atoms with Crippen LogP contribution in [0.1, 0.15) is 16.9 Å². The third-order valence-electron chi connectivity index (χ3n) is 2.66. The number of rotatable bonds is 3. The van der Waals surface area contributed by atoms with Crippen molar-refractivity contribution in [2.24, 2.45) is 5.73 Å². The number of benzene rings is 1. The van der Waals surface area contributed by atoms with Crippen molar-refractivity contribution in [3.05, 3.63) is 34.8 Å². The predicted molar refractivity (Wildman–Crippen MR) is 59.5 cm³/mol. The van der Waals surface area contributed by atoms with Crippen LogP contribution in [0.3, 0.4) is 0 Å². The summed E-state index contributed by atoms with van der Waals surface area (Å²) in [7, 11) is 1.59. The Labute approximate surface area is 93.0 Å². The molecule has 2 N–H and O–H groups in total. The highest BCUT2D eigenvalue weighted by Gasteiger charge is 2.17. The van der Waals surface area contributed by atoms with Crippen molar-refractivity contribution < 1.29 is 13.5 Å². The Morgan fingerprint density at radius 1 is 1.44 bits per heavy atom.